The van der Waals surface area contributed by atoms with E-state index in [4.69, 9.17) is 10.5 Å². The molecular formula is C16H21NO2. The van der Waals surface area contributed by atoms with Gasteiger partial charge in [-0.25, -0.2) is 0 Å². The lowest BCUT2D eigenvalue weighted by Crippen LogP contribution is -2.44. The fourth-order valence-corrected chi connectivity index (χ4v) is 3.37. The quantitative estimate of drug-likeness (QED) is 0.725. The summed E-state index contributed by atoms with van der Waals surface area (Å²) in [7, 11) is 0. The van der Waals surface area contributed by atoms with Gasteiger partial charge in [0.2, 0.25) is 0 Å². The van der Waals surface area contributed by atoms with Crippen LogP contribution in [0.4, 0.5) is 5.69 Å². The molecule has 0 radical (unpaired) electrons. The van der Waals surface area contributed by atoms with Crippen LogP contribution < -0.4 is 10.5 Å². The van der Waals surface area contributed by atoms with Crippen LogP contribution in [0.5, 0.6) is 5.75 Å². The van der Waals surface area contributed by atoms with Crippen LogP contribution in [-0.4, -0.2) is 11.4 Å². The summed E-state index contributed by atoms with van der Waals surface area (Å²) in [6.45, 7) is 3.99. The second-order valence-corrected chi connectivity index (χ2v) is 6.04. The van der Waals surface area contributed by atoms with Crippen LogP contribution in [0.3, 0.4) is 0 Å². The first-order chi connectivity index (χ1) is 9.02. The molecule has 0 bridgehead atoms. The fraction of sp³-hybridized carbons (Fsp3) is 0.562. The van der Waals surface area contributed by atoms with Crippen molar-refractivity contribution in [3.63, 3.8) is 0 Å². The third-order valence-electron chi connectivity index (χ3n) is 4.75. The normalized spacial score (nSPS) is 21.1. The molecular weight excluding hydrogens is 238 g/mol. The maximum absolute atomic E-state index is 12.4. The Hall–Kier alpha value is -1.51. The number of hydrogen-bond donors (Lipinski definition) is 1. The Labute approximate surface area is 114 Å². The van der Waals surface area contributed by atoms with Crippen molar-refractivity contribution in [3.8, 4) is 5.75 Å². The molecule has 2 aliphatic rings. The van der Waals surface area contributed by atoms with Gasteiger partial charge in [-0.1, -0.05) is 6.42 Å². The highest BCUT2D eigenvalue weighted by molar-refractivity contribution is 6.02. The van der Waals surface area contributed by atoms with Crippen molar-refractivity contribution in [1.82, 2.24) is 0 Å². The van der Waals surface area contributed by atoms with E-state index >= 15 is 0 Å². The summed E-state index contributed by atoms with van der Waals surface area (Å²) in [6.07, 6.45) is 6.10. The van der Waals surface area contributed by atoms with Crippen LogP contribution in [0.1, 0.15) is 60.0 Å². The molecule has 1 aliphatic carbocycles. The monoisotopic (exact) mass is 259 g/mol. The lowest BCUT2D eigenvalue weighted by atomic mass is 9.78. The third-order valence-corrected chi connectivity index (χ3v) is 4.75. The van der Waals surface area contributed by atoms with Crippen LogP contribution in [0.25, 0.3) is 0 Å². The van der Waals surface area contributed by atoms with Crippen molar-refractivity contribution >= 4 is 11.5 Å². The van der Waals surface area contributed by atoms with Crippen molar-refractivity contribution in [2.24, 2.45) is 0 Å². The van der Waals surface area contributed by atoms with Gasteiger partial charge in [0.25, 0.3) is 0 Å². The molecule has 0 amide bonds. The van der Waals surface area contributed by atoms with Crippen molar-refractivity contribution < 1.29 is 9.53 Å². The van der Waals surface area contributed by atoms with Crippen LogP contribution in [0.2, 0.25) is 0 Å². The molecule has 0 unspecified atom stereocenters. The number of ether oxygens (including phenoxy) is 1. The van der Waals surface area contributed by atoms with Gasteiger partial charge in [-0.05, 0) is 56.7 Å². The standard InChI is InChI=1S/C16H21NO2/c1-10-11(2)15-12(8-13(10)17)14(18)9-16(19-15)6-4-3-5-7-16/h8H,3-7,9,17H2,1-2H3. The number of Topliss-reactive ketones (excluding diaryl/α,β-unsaturated/α-hetero) is 1. The highest BCUT2D eigenvalue weighted by Gasteiger charge is 2.42. The average molecular weight is 259 g/mol. The van der Waals surface area contributed by atoms with E-state index in [1.807, 2.05) is 13.8 Å². The number of benzene rings is 1. The smallest absolute Gasteiger partial charge is 0.170 e. The zero-order valence-corrected chi connectivity index (χ0v) is 11.7. The van der Waals surface area contributed by atoms with E-state index in [1.54, 1.807) is 6.07 Å². The molecule has 1 aliphatic heterocycles. The van der Waals surface area contributed by atoms with Crippen molar-refractivity contribution in [2.75, 3.05) is 5.73 Å². The van der Waals surface area contributed by atoms with Gasteiger partial charge in [0.1, 0.15) is 11.4 Å². The minimum absolute atomic E-state index is 0.193. The molecule has 1 heterocycles. The first kappa shape index (κ1) is 12.5. The molecule has 0 atom stereocenters. The number of rotatable bonds is 0. The van der Waals surface area contributed by atoms with E-state index in [0.717, 1.165) is 42.6 Å². The summed E-state index contributed by atoms with van der Waals surface area (Å²) in [5.74, 6) is 0.975. The Kier molecular flexibility index (Phi) is 2.80. The molecule has 3 rings (SSSR count). The number of fused-ring (bicyclic) bond motifs is 1. The largest absolute Gasteiger partial charge is 0.486 e. The van der Waals surface area contributed by atoms with Crippen LogP contribution >= 0.6 is 0 Å². The second kappa shape index (κ2) is 4.26. The number of ketones is 1. The lowest BCUT2D eigenvalue weighted by Gasteiger charge is -2.41. The van der Waals surface area contributed by atoms with Gasteiger partial charge in [0.05, 0.1) is 12.0 Å². The number of nitrogen functional groups attached to an aromatic ring is 1. The third kappa shape index (κ3) is 1.92. The first-order valence-electron chi connectivity index (χ1n) is 7.14. The summed E-state index contributed by atoms with van der Waals surface area (Å²) in [4.78, 5) is 12.4. The Balaban J connectivity index is 2.08. The Morgan fingerprint density at radius 1 is 1.16 bits per heavy atom. The molecule has 102 valence electrons. The molecule has 1 fully saturated rings. The Morgan fingerprint density at radius 2 is 1.84 bits per heavy atom. The minimum atomic E-state index is -0.240. The number of carbonyl (C=O) groups excluding carboxylic acids is 1. The molecule has 3 heteroatoms. The van der Waals surface area contributed by atoms with Crippen molar-refractivity contribution in [2.45, 2.75) is 58.0 Å². The van der Waals surface area contributed by atoms with Gasteiger partial charge >= 0.3 is 0 Å². The Bertz CT molecular complexity index is 542. The van der Waals surface area contributed by atoms with E-state index in [1.165, 1.54) is 6.42 Å². The molecule has 0 saturated heterocycles. The highest BCUT2D eigenvalue weighted by Crippen LogP contribution is 2.44. The number of anilines is 1. The SMILES string of the molecule is Cc1c(N)cc2c(c1C)OC1(CCCCC1)CC2=O. The van der Waals surface area contributed by atoms with E-state index in [9.17, 15) is 4.79 Å². The van der Waals surface area contributed by atoms with E-state index in [2.05, 4.69) is 0 Å². The molecule has 0 aromatic heterocycles. The molecule has 1 aromatic rings. The van der Waals surface area contributed by atoms with E-state index in [0.29, 0.717) is 17.7 Å². The predicted octanol–water partition coefficient (Wildman–Crippen LogP) is 3.55. The summed E-state index contributed by atoms with van der Waals surface area (Å²) < 4.78 is 6.32. The molecule has 3 nitrogen and oxygen atoms in total. The maximum Gasteiger partial charge on any atom is 0.170 e. The van der Waals surface area contributed by atoms with Gasteiger partial charge < -0.3 is 10.5 Å². The van der Waals surface area contributed by atoms with Crippen molar-refractivity contribution in [3.05, 3.63) is 22.8 Å². The second-order valence-electron chi connectivity index (χ2n) is 6.04. The fourth-order valence-electron chi connectivity index (χ4n) is 3.37. The molecule has 1 aromatic carbocycles. The first-order valence-corrected chi connectivity index (χ1v) is 7.14. The Morgan fingerprint density at radius 3 is 2.53 bits per heavy atom. The summed E-state index contributed by atoms with van der Waals surface area (Å²) >= 11 is 0. The van der Waals surface area contributed by atoms with Crippen LogP contribution in [0, 0.1) is 13.8 Å². The van der Waals surface area contributed by atoms with Crippen LogP contribution in [0.15, 0.2) is 6.07 Å². The summed E-state index contributed by atoms with van der Waals surface area (Å²) in [6, 6.07) is 1.79. The number of carbonyl (C=O) groups is 1. The zero-order chi connectivity index (χ0) is 13.6. The predicted molar refractivity (Wildman–Crippen MR) is 75.7 cm³/mol. The van der Waals surface area contributed by atoms with Gasteiger partial charge in [0, 0.05) is 5.69 Å². The summed E-state index contributed by atoms with van der Waals surface area (Å²) in [5, 5.41) is 0. The van der Waals surface area contributed by atoms with Gasteiger partial charge in [-0.3, -0.25) is 4.79 Å². The van der Waals surface area contributed by atoms with Crippen LogP contribution in [-0.2, 0) is 0 Å². The topological polar surface area (TPSA) is 52.3 Å². The zero-order valence-electron chi connectivity index (χ0n) is 11.7. The van der Waals surface area contributed by atoms with Gasteiger partial charge in [-0.2, -0.15) is 0 Å². The van der Waals surface area contributed by atoms with Crippen molar-refractivity contribution in [1.29, 1.82) is 0 Å². The molecule has 2 N–H and O–H groups in total. The number of nitrogens with two attached hydrogens (primary N) is 1. The molecule has 19 heavy (non-hydrogen) atoms. The minimum Gasteiger partial charge on any atom is -0.486 e. The lowest BCUT2D eigenvalue weighted by molar-refractivity contribution is 0.0130. The van der Waals surface area contributed by atoms with E-state index in [-0.39, 0.29) is 11.4 Å². The van der Waals surface area contributed by atoms with Gasteiger partial charge in [-0.15, -0.1) is 0 Å². The average Bonchev–Trinajstić information content (AvgIpc) is 2.39. The molecule has 1 spiro atoms. The molecule has 1 saturated carbocycles. The van der Waals surface area contributed by atoms with Gasteiger partial charge in [0.15, 0.2) is 5.78 Å². The maximum atomic E-state index is 12.4. The summed E-state index contributed by atoms with van der Waals surface area (Å²) in [5.41, 5.74) is 9.14. The number of hydrogen-bond acceptors (Lipinski definition) is 3. The highest BCUT2D eigenvalue weighted by atomic mass is 16.5. The van der Waals surface area contributed by atoms with E-state index < -0.39 is 0 Å².